The average molecular weight is 887 g/mol. The Balaban J connectivity index is 2.51. The summed E-state index contributed by atoms with van der Waals surface area (Å²) in [6, 6.07) is 0. The summed E-state index contributed by atoms with van der Waals surface area (Å²) in [5.41, 5.74) is 0. The van der Waals surface area contributed by atoms with Crippen molar-refractivity contribution in [3.8, 4) is 0 Å². The molecule has 0 radical (unpaired) electrons. The molecule has 6 N–H and O–H groups in total. The van der Waals surface area contributed by atoms with Crippen molar-refractivity contribution in [2.75, 3.05) is 13.2 Å². The summed E-state index contributed by atoms with van der Waals surface area (Å²) in [6.45, 7) is 3.22. The number of carbonyl (C=O) groups excluding carboxylic acids is 2. The van der Waals surface area contributed by atoms with Gasteiger partial charge in [0.1, 0.15) is 43.2 Å². The van der Waals surface area contributed by atoms with Crippen molar-refractivity contribution in [2.45, 2.75) is 224 Å². The minimum atomic E-state index is -5.14. The van der Waals surface area contributed by atoms with Crippen LogP contribution in [0.2, 0.25) is 0 Å². The Morgan fingerprint density at radius 1 is 0.508 bits per heavy atom. The van der Waals surface area contributed by atoms with Crippen molar-refractivity contribution >= 4 is 19.8 Å². The first-order valence-corrected chi connectivity index (χ1v) is 24.9. The van der Waals surface area contributed by atoms with Gasteiger partial charge >= 0.3 is 19.8 Å². The lowest BCUT2D eigenvalue weighted by Gasteiger charge is -2.41. The number of carbonyl (C=O) groups is 2. The molecule has 0 amide bonds. The van der Waals surface area contributed by atoms with Crippen LogP contribution in [-0.2, 0) is 32.7 Å². The molecule has 1 fully saturated rings. The first-order chi connectivity index (χ1) is 29.4. The van der Waals surface area contributed by atoms with Crippen LogP contribution in [-0.4, -0.2) is 98.3 Å². The predicted octanol–water partition coefficient (Wildman–Crippen LogP) is 9.17. The molecule has 4 unspecified atom stereocenters. The lowest BCUT2D eigenvalue weighted by molar-refractivity contribution is -0.220. The fourth-order valence-corrected chi connectivity index (χ4v) is 7.85. The number of esters is 2. The highest BCUT2D eigenvalue weighted by Crippen LogP contribution is 2.47. The smallest absolute Gasteiger partial charge is 0.462 e. The quantitative estimate of drug-likeness (QED) is 0.0148. The highest BCUT2D eigenvalue weighted by molar-refractivity contribution is 7.47. The lowest BCUT2D eigenvalue weighted by atomic mass is 9.85. The molecule has 14 heteroatoms. The molecule has 61 heavy (non-hydrogen) atoms. The first kappa shape index (κ1) is 56.8. The summed E-state index contributed by atoms with van der Waals surface area (Å²) in [4.78, 5) is 35.7. The van der Waals surface area contributed by atoms with Crippen LogP contribution in [0, 0.1) is 0 Å². The standard InChI is InChI=1S/C47H83O13P/c1-3-5-7-9-11-13-15-17-19-20-22-24-26-28-30-32-34-36-41(49)59-39(38-58-61(55,56)60-47-45(53)43(51)42(50)44(52)46(47)54)37-57-40(48)35-33-31-29-27-25-23-21-18-16-14-12-10-8-6-4-2/h13,15,19-20,24,26,30,32,39,42-47,50-54H,3-12,14,16-18,21-23,25,27-29,31,33-38H2,1-2H3,(H,55,56)/b15-13-,20-19-,26-24-,32-30-/t39?,42?,43-,44+,45-,46-,47?/m0/s1. The second-order valence-electron chi connectivity index (χ2n) is 16.3. The summed E-state index contributed by atoms with van der Waals surface area (Å²) in [5.74, 6) is -1.19. The average Bonchev–Trinajstić information content (AvgIpc) is 3.24. The van der Waals surface area contributed by atoms with Gasteiger partial charge in [-0.1, -0.05) is 172 Å². The third-order valence-electron chi connectivity index (χ3n) is 10.7. The van der Waals surface area contributed by atoms with Gasteiger partial charge in [0.15, 0.2) is 6.10 Å². The number of ether oxygens (including phenoxy) is 2. The largest absolute Gasteiger partial charge is 0.472 e. The van der Waals surface area contributed by atoms with E-state index in [-0.39, 0.29) is 12.8 Å². The van der Waals surface area contributed by atoms with Gasteiger partial charge in [0.2, 0.25) is 0 Å². The van der Waals surface area contributed by atoms with Gasteiger partial charge < -0.3 is 39.9 Å². The van der Waals surface area contributed by atoms with Crippen molar-refractivity contribution in [1.82, 2.24) is 0 Å². The van der Waals surface area contributed by atoms with Crippen LogP contribution in [0.3, 0.4) is 0 Å². The molecule has 1 saturated carbocycles. The maximum atomic E-state index is 12.8. The van der Waals surface area contributed by atoms with E-state index in [0.29, 0.717) is 19.3 Å². The minimum absolute atomic E-state index is 0.0233. The number of unbranched alkanes of at least 4 members (excludes halogenated alkanes) is 18. The molecule has 8 atom stereocenters. The zero-order valence-corrected chi connectivity index (χ0v) is 38.3. The molecular formula is C47H83O13P. The molecule has 0 bridgehead atoms. The summed E-state index contributed by atoms with van der Waals surface area (Å²) in [5, 5.41) is 50.1. The van der Waals surface area contributed by atoms with E-state index in [1.807, 2.05) is 18.2 Å². The third kappa shape index (κ3) is 29.7. The fraction of sp³-hybridized carbons (Fsp3) is 0.787. The Kier molecular flexibility index (Phi) is 34.7. The van der Waals surface area contributed by atoms with E-state index in [0.717, 1.165) is 38.5 Å². The van der Waals surface area contributed by atoms with Crippen molar-refractivity contribution in [3.05, 3.63) is 48.6 Å². The van der Waals surface area contributed by atoms with Gasteiger partial charge in [-0.15, -0.1) is 0 Å². The summed E-state index contributed by atoms with van der Waals surface area (Å²) in [6.07, 6.45) is 30.4. The zero-order chi connectivity index (χ0) is 45.0. The van der Waals surface area contributed by atoms with E-state index < -0.39 is 75.7 Å². The minimum Gasteiger partial charge on any atom is -0.462 e. The van der Waals surface area contributed by atoms with E-state index in [4.69, 9.17) is 18.5 Å². The van der Waals surface area contributed by atoms with Gasteiger partial charge in [0.25, 0.3) is 0 Å². The molecule has 354 valence electrons. The highest BCUT2D eigenvalue weighted by Gasteiger charge is 2.51. The molecule has 0 spiro atoms. The maximum Gasteiger partial charge on any atom is 0.472 e. The first-order valence-electron chi connectivity index (χ1n) is 23.4. The lowest BCUT2D eigenvalue weighted by Crippen LogP contribution is -2.64. The normalized spacial score (nSPS) is 22.4. The van der Waals surface area contributed by atoms with Crippen molar-refractivity contribution in [3.63, 3.8) is 0 Å². The summed E-state index contributed by atoms with van der Waals surface area (Å²) >= 11 is 0. The highest BCUT2D eigenvalue weighted by atomic mass is 31.2. The monoisotopic (exact) mass is 887 g/mol. The second kappa shape index (κ2) is 37.2. The van der Waals surface area contributed by atoms with Crippen LogP contribution in [0.1, 0.15) is 181 Å². The van der Waals surface area contributed by atoms with Gasteiger partial charge in [-0.3, -0.25) is 18.6 Å². The number of hydrogen-bond acceptors (Lipinski definition) is 12. The molecule has 0 heterocycles. The molecule has 0 saturated heterocycles. The molecule has 13 nitrogen and oxygen atoms in total. The van der Waals surface area contributed by atoms with E-state index in [1.54, 1.807) is 0 Å². The number of allylic oxidation sites excluding steroid dienone is 8. The Hall–Kier alpha value is -2.19. The van der Waals surface area contributed by atoms with Gasteiger partial charge in [0.05, 0.1) is 6.61 Å². The van der Waals surface area contributed by atoms with E-state index in [9.17, 15) is 44.6 Å². The fourth-order valence-electron chi connectivity index (χ4n) is 6.88. The zero-order valence-electron chi connectivity index (χ0n) is 37.4. The van der Waals surface area contributed by atoms with Crippen LogP contribution in [0.5, 0.6) is 0 Å². The molecule has 0 aromatic carbocycles. The Morgan fingerprint density at radius 3 is 1.41 bits per heavy atom. The van der Waals surface area contributed by atoms with Crippen molar-refractivity contribution in [2.24, 2.45) is 0 Å². The summed E-state index contributed by atoms with van der Waals surface area (Å²) in [7, 11) is -5.14. The van der Waals surface area contributed by atoms with Crippen molar-refractivity contribution < 1.29 is 63.1 Å². The van der Waals surface area contributed by atoms with Crippen LogP contribution >= 0.6 is 7.82 Å². The van der Waals surface area contributed by atoms with E-state index in [2.05, 4.69) is 44.2 Å². The second-order valence-corrected chi connectivity index (χ2v) is 17.7. The topological polar surface area (TPSA) is 210 Å². The number of phosphoric acid groups is 1. The number of phosphoric ester groups is 1. The third-order valence-corrected chi connectivity index (χ3v) is 11.7. The molecule has 0 aliphatic heterocycles. The molecule has 1 rings (SSSR count). The van der Waals surface area contributed by atoms with Crippen LogP contribution in [0.4, 0.5) is 0 Å². The maximum absolute atomic E-state index is 12.8. The van der Waals surface area contributed by atoms with E-state index in [1.165, 1.54) is 96.3 Å². The van der Waals surface area contributed by atoms with E-state index >= 15 is 0 Å². The van der Waals surface area contributed by atoms with Crippen LogP contribution in [0.25, 0.3) is 0 Å². The molecule has 0 aromatic heterocycles. The van der Waals surface area contributed by atoms with Crippen LogP contribution < -0.4 is 0 Å². The Morgan fingerprint density at radius 2 is 0.918 bits per heavy atom. The van der Waals surface area contributed by atoms with Crippen LogP contribution in [0.15, 0.2) is 48.6 Å². The Labute approximate surface area is 367 Å². The number of rotatable bonds is 38. The van der Waals surface area contributed by atoms with Gasteiger partial charge in [-0.05, 0) is 44.9 Å². The van der Waals surface area contributed by atoms with Gasteiger partial charge in [-0.2, -0.15) is 0 Å². The van der Waals surface area contributed by atoms with Gasteiger partial charge in [0, 0.05) is 12.8 Å². The Bertz CT molecular complexity index is 1250. The van der Waals surface area contributed by atoms with Gasteiger partial charge in [-0.25, -0.2) is 4.57 Å². The molecule has 1 aliphatic rings. The molecule has 1 aliphatic carbocycles. The number of aliphatic hydroxyl groups excluding tert-OH is 5. The number of hydrogen-bond donors (Lipinski definition) is 6. The number of aliphatic hydroxyl groups is 5. The molecule has 0 aromatic rings. The SMILES string of the molecule is CCCCCC/C=C\C/C=C\C/C=C\C/C=C\CCC(=O)OC(COC(=O)CCCCCCCCCCCCCCCCC)COP(=O)(O)OC1[C@@H](O)[C@H](O)C(O)[C@H](O)[C@@H]1O. The predicted molar refractivity (Wildman–Crippen MR) is 239 cm³/mol. The van der Waals surface area contributed by atoms with Crippen molar-refractivity contribution in [1.29, 1.82) is 0 Å². The molecular weight excluding hydrogens is 803 g/mol. The summed E-state index contributed by atoms with van der Waals surface area (Å²) < 4.78 is 33.4.